The third-order valence-electron chi connectivity index (χ3n) is 2.85. The molecule has 0 aromatic heterocycles. The second kappa shape index (κ2) is 6.23. The van der Waals surface area contributed by atoms with Gasteiger partial charge in [0.05, 0.1) is 17.2 Å². The Kier molecular flexibility index (Phi) is 4.39. The first-order chi connectivity index (χ1) is 9.61. The van der Waals surface area contributed by atoms with E-state index in [9.17, 15) is 4.79 Å². The summed E-state index contributed by atoms with van der Waals surface area (Å²) in [7, 11) is 0. The van der Waals surface area contributed by atoms with Crippen LogP contribution in [0.4, 0.5) is 0 Å². The van der Waals surface area contributed by atoms with Crippen LogP contribution in [0.1, 0.15) is 34.5 Å². The van der Waals surface area contributed by atoms with Crippen LogP contribution >= 0.6 is 11.6 Å². The van der Waals surface area contributed by atoms with Crippen LogP contribution in [0.2, 0.25) is 5.02 Å². The van der Waals surface area contributed by atoms with Crippen LogP contribution in [0.5, 0.6) is 0 Å². The van der Waals surface area contributed by atoms with E-state index in [4.69, 9.17) is 21.6 Å². The lowest BCUT2D eigenvalue weighted by Gasteiger charge is -2.15. The molecule has 0 fully saturated rings. The van der Waals surface area contributed by atoms with Crippen molar-refractivity contribution in [3.63, 3.8) is 0 Å². The SMILES string of the molecule is CC(OC(=O)c1cccc(C#N)c1)c1ccccc1Cl. The van der Waals surface area contributed by atoms with Crippen molar-refractivity contribution in [2.45, 2.75) is 13.0 Å². The maximum atomic E-state index is 12.0. The van der Waals surface area contributed by atoms with Gasteiger partial charge in [-0.25, -0.2) is 4.79 Å². The molecule has 0 bridgehead atoms. The predicted molar refractivity (Wildman–Crippen MR) is 76.4 cm³/mol. The van der Waals surface area contributed by atoms with Crippen molar-refractivity contribution in [1.29, 1.82) is 5.26 Å². The maximum absolute atomic E-state index is 12.0. The molecule has 0 aliphatic carbocycles. The molecule has 0 N–H and O–H groups in total. The van der Waals surface area contributed by atoms with Crippen molar-refractivity contribution >= 4 is 17.6 Å². The third kappa shape index (κ3) is 3.17. The van der Waals surface area contributed by atoms with Crippen LogP contribution < -0.4 is 0 Å². The van der Waals surface area contributed by atoms with Crippen LogP contribution in [0.25, 0.3) is 0 Å². The fourth-order valence-electron chi connectivity index (χ4n) is 1.81. The van der Waals surface area contributed by atoms with Gasteiger partial charge < -0.3 is 4.74 Å². The van der Waals surface area contributed by atoms with E-state index in [1.54, 1.807) is 31.2 Å². The Labute approximate surface area is 122 Å². The molecule has 0 radical (unpaired) electrons. The Hall–Kier alpha value is -2.31. The molecule has 2 aromatic carbocycles. The zero-order chi connectivity index (χ0) is 14.5. The molecule has 1 atom stereocenters. The quantitative estimate of drug-likeness (QED) is 0.797. The van der Waals surface area contributed by atoms with Crippen molar-refractivity contribution < 1.29 is 9.53 Å². The van der Waals surface area contributed by atoms with Gasteiger partial charge in [-0.15, -0.1) is 0 Å². The van der Waals surface area contributed by atoms with E-state index in [0.717, 1.165) is 5.56 Å². The number of carbonyl (C=O) groups excluding carboxylic acids is 1. The Morgan fingerprint density at radius 2 is 2.00 bits per heavy atom. The fraction of sp³-hybridized carbons (Fsp3) is 0.125. The molecular weight excluding hydrogens is 274 g/mol. The number of benzene rings is 2. The fourth-order valence-corrected chi connectivity index (χ4v) is 2.10. The molecule has 0 saturated carbocycles. The number of carbonyl (C=O) groups is 1. The van der Waals surface area contributed by atoms with Gasteiger partial charge in [0.1, 0.15) is 6.10 Å². The number of esters is 1. The van der Waals surface area contributed by atoms with Gasteiger partial charge in [-0.2, -0.15) is 5.26 Å². The van der Waals surface area contributed by atoms with Crippen LogP contribution in [-0.4, -0.2) is 5.97 Å². The topological polar surface area (TPSA) is 50.1 Å². The highest BCUT2D eigenvalue weighted by Crippen LogP contribution is 2.25. The number of halogens is 1. The molecule has 2 rings (SSSR count). The van der Waals surface area contributed by atoms with Crippen LogP contribution in [-0.2, 0) is 4.74 Å². The van der Waals surface area contributed by atoms with Crippen molar-refractivity contribution in [2.24, 2.45) is 0 Å². The first-order valence-corrected chi connectivity index (χ1v) is 6.45. The minimum absolute atomic E-state index is 0.350. The standard InChI is InChI=1S/C16H12ClNO2/c1-11(14-7-2-3-8-15(14)17)20-16(19)13-6-4-5-12(9-13)10-18/h2-9,11H,1H3. The summed E-state index contributed by atoms with van der Waals surface area (Å²) in [6.45, 7) is 1.76. The van der Waals surface area contributed by atoms with Gasteiger partial charge in [0.15, 0.2) is 0 Å². The third-order valence-corrected chi connectivity index (χ3v) is 3.20. The molecule has 4 heteroatoms. The van der Waals surface area contributed by atoms with Gasteiger partial charge in [-0.05, 0) is 31.2 Å². The molecule has 2 aromatic rings. The Morgan fingerprint density at radius 1 is 1.25 bits per heavy atom. The number of hydrogen-bond acceptors (Lipinski definition) is 3. The first kappa shape index (κ1) is 14.1. The van der Waals surface area contributed by atoms with Crippen LogP contribution in [0.3, 0.4) is 0 Å². The van der Waals surface area contributed by atoms with Gasteiger partial charge in [0.25, 0.3) is 0 Å². The van der Waals surface area contributed by atoms with Crippen molar-refractivity contribution in [1.82, 2.24) is 0 Å². The zero-order valence-corrected chi connectivity index (χ0v) is 11.6. The molecule has 20 heavy (non-hydrogen) atoms. The van der Waals surface area contributed by atoms with Gasteiger partial charge in [-0.1, -0.05) is 35.9 Å². The monoisotopic (exact) mass is 285 g/mol. The molecule has 100 valence electrons. The van der Waals surface area contributed by atoms with Crippen LogP contribution in [0.15, 0.2) is 48.5 Å². The second-order valence-electron chi connectivity index (χ2n) is 4.26. The average Bonchev–Trinajstić information content (AvgIpc) is 2.47. The Bertz CT molecular complexity index is 676. The van der Waals surface area contributed by atoms with E-state index < -0.39 is 12.1 Å². The summed E-state index contributed by atoms with van der Waals surface area (Å²) in [5.41, 5.74) is 1.52. The largest absolute Gasteiger partial charge is 0.454 e. The Morgan fingerprint density at radius 3 is 2.70 bits per heavy atom. The van der Waals surface area contributed by atoms with Crippen molar-refractivity contribution in [3.8, 4) is 6.07 Å². The molecule has 0 spiro atoms. The zero-order valence-electron chi connectivity index (χ0n) is 10.8. The van der Waals surface area contributed by atoms with Gasteiger partial charge in [0.2, 0.25) is 0 Å². The lowest BCUT2D eigenvalue weighted by molar-refractivity contribution is 0.0338. The second-order valence-corrected chi connectivity index (χ2v) is 4.67. The molecule has 0 aliphatic rings. The van der Waals surface area contributed by atoms with E-state index in [1.165, 1.54) is 6.07 Å². The van der Waals surface area contributed by atoms with Gasteiger partial charge in [0, 0.05) is 10.6 Å². The summed E-state index contributed by atoms with van der Waals surface area (Å²) in [5.74, 6) is -0.477. The summed E-state index contributed by atoms with van der Waals surface area (Å²) >= 11 is 6.06. The van der Waals surface area contributed by atoms with Gasteiger partial charge in [-0.3, -0.25) is 0 Å². The number of ether oxygens (including phenoxy) is 1. The van der Waals surface area contributed by atoms with Crippen molar-refractivity contribution in [2.75, 3.05) is 0 Å². The summed E-state index contributed by atoms with van der Waals surface area (Å²) < 4.78 is 5.37. The summed E-state index contributed by atoms with van der Waals surface area (Å²) in [6.07, 6.45) is -0.457. The normalized spacial score (nSPS) is 11.4. The highest BCUT2D eigenvalue weighted by atomic mass is 35.5. The Balaban J connectivity index is 2.15. The van der Waals surface area contributed by atoms with E-state index in [0.29, 0.717) is 16.1 Å². The van der Waals surface area contributed by atoms with E-state index >= 15 is 0 Å². The van der Waals surface area contributed by atoms with Gasteiger partial charge >= 0.3 is 5.97 Å². The lowest BCUT2D eigenvalue weighted by atomic mass is 10.1. The number of nitriles is 1. The molecule has 3 nitrogen and oxygen atoms in total. The van der Waals surface area contributed by atoms with E-state index in [2.05, 4.69) is 0 Å². The molecule has 1 unspecified atom stereocenters. The number of hydrogen-bond donors (Lipinski definition) is 0. The maximum Gasteiger partial charge on any atom is 0.338 e. The smallest absolute Gasteiger partial charge is 0.338 e. The molecule has 0 saturated heterocycles. The first-order valence-electron chi connectivity index (χ1n) is 6.07. The number of rotatable bonds is 3. The summed E-state index contributed by atoms with van der Waals surface area (Å²) in [5, 5.41) is 9.37. The summed E-state index contributed by atoms with van der Waals surface area (Å²) in [4.78, 5) is 12.0. The van der Waals surface area contributed by atoms with E-state index in [-0.39, 0.29) is 0 Å². The molecule has 0 amide bonds. The lowest BCUT2D eigenvalue weighted by Crippen LogP contribution is -2.09. The molecule has 0 heterocycles. The minimum atomic E-state index is -0.477. The van der Waals surface area contributed by atoms with Crippen LogP contribution in [0, 0.1) is 11.3 Å². The molecule has 0 aliphatic heterocycles. The highest BCUT2D eigenvalue weighted by Gasteiger charge is 2.15. The number of nitrogens with zero attached hydrogens (tertiary/aromatic N) is 1. The molecular formula is C16H12ClNO2. The minimum Gasteiger partial charge on any atom is -0.454 e. The highest BCUT2D eigenvalue weighted by molar-refractivity contribution is 6.31. The average molecular weight is 286 g/mol. The summed E-state index contributed by atoms with van der Waals surface area (Å²) in [6, 6.07) is 15.6. The predicted octanol–water partition coefficient (Wildman–Crippen LogP) is 4.13. The van der Waals surface area contributed by atoms with Crippen molar-refractivity contribution in [3.05, 3.63) is 70.2 Å². The van der Waals surface area contributed by atoms with E-state index in [1.807, 2.05) is 24.3 Å².